The van der Waals surface area contributed by atoms with Crippen LogP contribution in [0.4, 0.5) is 0 Å². The van der Waals surface area contributed by atoms with Crippen LogP contribution in [0.2, 0.25) is 0 Å². The van der Waals surface area contributed by atoms with E-state index in [9.17, 15) is 9.59 Å². The average Bonchev–Trinajstić information content (AvgIpc) is 3.09. The summed E-state index contributed by atoms with van der Waals surface area (Å²) in [6.07, 6.45) is 0. The number of hydrogen-bond donors (Lipinski definition) is 0. The third-order valence-electron chi connectivity index (χ3n) is 5.41. The summed E-state index contributed by atoms with van der Waals surface area (Å²) in [7, 11) is 3.10. The van der Waals surface area contributed by atoms with E-state index in [0.29, 0.717) is 33.5 Å². The van der Waals surface area contributed by atoms with Crippen molar-refractivity contribution in [2.75, 3.05) is 14.2 Å². The van der Waals surface area contributed by atoms with Crippen molar-refractivity contribution in [3.05, 3.63) is 70.9 Å². The van der Waals surface area contributed by atoms with E-state index in [0.717, 1.165) is 5.56 Å². The number of carbonyl (C=O) groups excluding carboxylic acids is 2. The summed E-state index contributed by atoms with van der Waals surface area (Å²) in [5.74, 6) is 0.460. The van der Waals surface area contributed by atoms with E-state index in [1.54, 1.807) is 38.2 Å². The second-order valence-corrected chi connectivity index (χ2v) is 8.75. The van der Waals surface area contributed by atoms with Crippen LogP contribution in [0.25, 0.3) is 0 Å². The maximum atomic E-state index is 13.3. The van der Waals surface area contributed by atoms with Gasteiger partial charge in [-0.1, -0.05) is 48.2 Å². The molecule has 1 fully saturated rings. The van der Waals surface area contributed by atoms with E-state index in [-0.39, 0.29) is 17.8 Å². The van der Waals surface area contributed by atoms with Crippen LogP contribution in [0.5, 0.6) is 11.5 Å². The van der Waals surface area contributed by atoms with Gasteiger partial charge in [0.25, 0.3) is 0 Å². The predicted molar refractivity (Wildman–Crippen MR) is 123 cm³/mol. The van der Waals surface area contributed by atoms with Crippen molar-refractivity contribution < 1.29 is 23.8 Å². The van der Waals surface area contributed by atoms with Gasteiger partial charge in [-0.25, -0.2) is 9.79 Å². The molecule has 0 radical (unpaired) electrons. The smallest absolute Gasteiger partial charge is 0.338 e. The maximum Gasteiger partial charge on any atom is 0.338 e. The number of aliphatic imine (C=N–C) groups is 1. The van der Waals surface area contributed by atoms with Crippen molar-refractivity contribution in [3.63, 3.8) is 0 Å². The van der Waals surface area contributed by atoms with Gasteiger partial charge >= 0.3 is 5.97 Å². The fourth-order valence-electron chi connectivity index (χ4n) is 3.80. The molecule has 2 aromatic carbocycles. The Bertz CT molecular complexity index is 1110. The Kier molecular flexibility index (Phi) is 6.23. The van der Waals surface area contributed by atoms with Gasteiger partial charge in [-0.05, 0) is 37.1 Å². The summed E-state index contributed by atoms with van der Waals surface area (Å²) in [6.45, 7) is 3.73. The number of nitrogens with zero attached hydrogens (tertiary/aromatic N) is 2. The summed E-state index contributed by atoms with van der Waals surface area (Å²) in [5, 5.41) is 0.295. The Labute approximate surface area is 191 Å². The molecule has 2 heterocycles. The van der Waals surface area contributed by atoms with Gasteiger partial charge in [0, 0.05) is 0 Å². The van der Waals surface area contributed by atoms with E-state index in [4.69, 9.17) is 14.2 Å². The molecule has 4 rings (SSSR count). The Morgan fingerprint density at radius 2 is 1.81 bits per heavy atom. The zero-order chi connectivity index (χ0) is 22.8. The molecule has 0 bridgehead atoms. The van der Waals surface area contributed by atoms with E-state index < -0.39 is 12.0 Å². The molecule has 1 amide bonds. The Hall–Kier alpha value is -3.26. The molecule has 8 heteroatoms. The number of fused-ring (bicyclic) bond motifs is 1. The number of methoxy groups -OCH3 is 2. The number of ether oxygens (including phenoxy) is 3. The largest absolute Gasteiger partial charge is 0.493 e. The summed E-state index contributed by atoms with van der Waals surface area (Å²) >= 11 is 1.39. The van der Waals surface area contributed by atoms with Crippen LogP contribution in [-0.4, -0.2) is 41.4 Å². The molecule has 2 aromatic rings. The lowest BCUT2D eigenvalue weighted by Gasteiger charge is -2.33. The van der Waals surface area contributed by atoms with Crippen LogP contribution in [0.15, 0.2) is 64.8 Å². The number of benzene rings is 2. The highest BCUT2D eigenvalue weighted by atomic mass is 32.2. The lowest BCUT2D eigenvalue weighted by molar-refractivity contribution is -0.141. The summed E-state index contributed by atoms with van der Waals surface area (Å²) in [6, 6.07) is 14.2. The van der Waals surface area contributed by atoms with Crippen LogP contribution >= 0.6 is 11.8 Å². The Morgan fingerprint density at radius 3 is 2.50 bits per heavy atom. The lowest BCUT2D eigenvalue weighted by Crippen LogP contribution is -2.40. The van der Waals surface area contributed by atoms with Gasteiger partial charge in [0.1, 0.15) is 6.61 Å². The summed E-state index contributed by atoms with van der Waals surface area (Å²) < 4.78 is 16.4. The molecule has 2 atom stereocenters. The van der Waals surface area contributed by atoms with Gasteiger partial charge < -0.3 is 14.2 Å². The predicted octanol–water partition coefficient (Wildman–Crippen LogP) is 4.10. The van der Waals surface area contributed by atoms with Crippen LogP contribution in [0, 0.1) is 0 Å². The topological polar surface area (TPSA) is 77.4 Å². The number of carbonyl (C=O) groups is 2. The van der Waals surface area contributed by atoms with E-state index in [1.807, 2.05) is 43.3 Å². The van der Waals surface area contributed by atoms with Gasteiger partial charge in [-0.3, -0.25) is 9.69 Å². The number of thioether (sulfide) groups is 1. The Balaban J connectivity index is 1.75. The molecule has 0 spiro atoms. The number of rotatable bonds is 6. The molecule has 7 nitrogen and oxygen atoms in total. The van der Waals surface area contributed by atoms with Gasteiger partial charge in [0.05, 0.1) is 36.8 Å². The molecule has 0 aromatic heterocycles. The first-order chi connectivity index (χ1) is 15.4. The van der Waals surface area contributed by atoms with E-state index >= 15 is 0 Å². The summed E-state index contributed by atoms with van der Waals surface area (Å²) in [5.41, 5.74) is 2.45. The first-order valence-corrected chi connectivity index (χ1v) is 11.0. The van der Waals surface area contributed by atoms with Crippen molar-refractivity contribution >= 4 is 28.8 Å². The molecule has 0 saturated carbocycles. The first kappa shape index (κ1) is 22.0. The van der Waals surface area contributed by atoms with Crippen LogP contribution in [-0.2, 0) is 20.9 Å². The summed E-state index contributed by atoms with van der Waals surface area (Å²) in [4.78, 5) is 32.5. The van der Waals surface area contributed by atoms with Crippen molar-refractivity contribution in [3.8, 4) is 11.5 Å². The van der Waals surface area contributed by atoms with Crippen molar-refractivity contribution in [2.45, 2.75) is 31.7 Å². The van der Waals surface area contributed by atoms with Crippen molar-refractivity contribution in [1.29, 1.82) is 0 Å². The Morgan fingerprint density at radius 1 is 1.09 bits per heavy atom. The number of amides is 1. The monoisotopic (exact) mass is 452 g/mol. The fourth-order valence-corrected chi connectivity index (χ4v) is 4.83. The van der Waals surface area contributed by atoms with Crippen LogP contribution < -0.4 is 9.47 Å². The quantitative estimate of drug-likeness (QED) is 0.615. The van der Waals surface area contributed by atoms with Crippen LogP contribution in [0.3, 0.4) is 0 Å². The second kappa shape index (κ2) is 9.08. The highest BCUT2D eigenvalue weighted by Crippen LogP contribution is 2.44. The molecule has 1 saturated heterocycles. The highest BCUT2D eigenvalue weighted by molar-refractivity contribution is 8.15. The number of allylic oxidation sites excluding steroid dienone is 1. The molecule has 2 aliphatic rings. The van der Waals surface area contributed by atoms with Crippen molar-refractivity contribution in [1.82, 2.24) is 4.90 Å². The van der Waals surface area contributed by atoms with E-state index in [1.165, 1.54) is 11.8 Å². The second-order valence-electron chi connectivity index (χ2n) is 7.44. The SMILES string of the molecule is COc1ccc([C@H]2C(C(=O)OCc3ccccc3)=C(C)N=C3S[C@@H](C)C(=O)N32)cc1OC. The van der Waals surface area contributed by atoms with Gasteiger partial charge in [-0.15, -0.1) is 0 Å². The molecule has 0 unspecified atom stereocenters. The highest BCUT2D eigenvalue weighted by Gasteiger charge is 2.46. The third kappa shape index (κ3) is 3.98. The van der Waals surface area contributed by atoms with Crippen molar-refractivity contribution in [2.24, 2.45) is 4.99 Å². The molecule has 2 aliphatic heterocycles. The lowest BCUT2D eigenvalue weighted by atomic mass is 9.94. The minimum absolute atomic E-state index is 0.102. The number of esters is 1. The maximum absolute atomic E-state index is 13.3. The molecule has 166 valence electrons. The minimum Gasteiger partial charge on any atom is -0.493 e. The van der Waals surface area contributed by atoms with Gasteiger partial charge in [-0.2, -0.15) is 0 Å². The third-order valence-corrected chi connectivity index (χ3v) is 6.47. The average molecular weight is 453 g/mol. The fraction of sp³-hybridized carbons (Fsp3) is 0.292. The minimum atomic E-state index is -0.671. The van der Waals surface area contributed by atoms with Gasteiger partial charge in [0.2, 0.25) is 5.91 Å². The van der Waals surface area contributed by atoms with Gasteiger partial charge in [0.15, 0.2) is 16.7 Å². The standard InChI is InChI=1S/C24H24N2O5S/c1-14-20(23(28)31-13-16-8-6-5-7-9-16)21(26-22(27)15(2)32-24(26)25-14)17-10-11-18(29-3)19(12-17)30-4/h5-12,15,21H,13H2,1-4H3/t15-,21-/m0/s1. The molecule has 0 aliphatic carbocycles. The van der Waals surface area contributed by atoms with Crippen LogP contribution in [0.1, 0.15) is 31.0 Å². The molecular weight excluding hydrogens is 428 g/mol. The molecule has 0 N–H and O–H groups in total. The first-order valence-electron chi connectivity index (χ1n) is 10.2. The molecule has 32 heavy (non-hydrogen) atoms. The zero-order valence-corrected chi connectivity index (χ0v) is 19.1. The number of hydrogen-bond acceptors (Lipinski definition) is 7. The molecular formula is C24H24N2O5S. The van der Waals surface area contributed by atoms with E-state index in [2.05, 4.69) is 4.99 Å². The normalized spacial score (nSPS) is 20.1. The zero-order valence-electron chi connectivity index (χ0n) is 18.3. The number of amidine groups is 1.